The summed E-state index contributed by atoms with van der Waals surface area (Å²) >= 11 is 0. The fraction of sp³-hybridized carbons (Fsp3) is 0.391. The number of nitrogens with zero attached hydrogens (tertiary/aromatic N) is 1. The first kappa shape index (κ1) is 21.1. The third-order valence-corrected chi connectivity index (χ3v) is 5.69. The number of aryl methyl sites for hydroxylation is 2. The number of hydrogen-bond donors (Lipinski definition) is 2. The summed E-state index contributed by atoms with van der Waals surface area (Å²) in [4.78, 5) is 27.1. The summed E-state index contributed by atoms with van der Waals surface area (Å²) in [5.74, 6) is 0.0442. The molecular weight excluding hydrogens is 398 g/mol. The lowest BCUT2D eigenvalue weighted by Gasteiger charge is -2.34. The SMILES string of the molecule is Cc1ccc(NC(=O)C(=O)NCC(c2ccc3c(c2)OCO3)N2CCOCC2)cc1C. The van der Waals surface area contributed by atoms with Crippen molar-refractivity contribution in [3.8, 4) is 11.5 Å². The quantitative estimate of drug-likeness (QED) is 0.714. The number of amides is 2. The number of carbonyl (C=O) groups is 2. The van der Waals surface area contributed by atoms with Crippen molar-refractivity contribution in [2.75, 3.05) is 45.0 Å². The molecule has 8 nitrogen and oxygen atoms in total. The van der Waals surface area contributed by atoms with E-state index in [4.69, 9.17) is 14.2 Å². The van der Waals surface area contributed by atoms with Crippen LogP contribution in [0.5, 0.6) is 11.5 Å². The number of benzene rings is 2. The topological polar surface area (TPSA) is 89.1 Å². The average molecular weight is 425 g/mol. The zero-order valence-corrected chi connectivity index (χ0v) is 17.8. The molecule has 31 heavy (non-hydrogen) atoms. The summed E-state index contributed by atoms with van der Waals surface area (Å²) in [5, 5.41) is 5.45. The first-order valence-electron chi connectivity index (χ1n) is 10.4. The average Bonchev–Trinajstić information content (AvgIpc) is 3.25. The number of hydrogen-bond acceptors (Lipinski definition) is 6. The molecule has 2 aliphatic rings. The van der Waals surface area contributed by atoms with Crippen LogP contribution in [-0.4, -0.2) is 56.4 Å². The van der Waals surface area contributed by atoms with E-state index >= 15 is 0 Å². The summed E-state index contributed by atoms with van der Waals surface area (Å²) in [6.07, 6.45) is 0. The lowest BCUT2D eigenvalue weighted by Crippen LogP contribution is -2.45. The molecule has 1 fully saturated rings. The molecule has 0 spiro atoms. The maximum Gasteiger partial charge on any atom is 0.313 e. The number of ether oxygens (including phenoxy) is 3. The van der Waals surface area contributed by atoms with Gasteiger partial charge in [-0.1, -0.05) is 12.1 Å². The van der Waals surface area contributed by atoms with Gasteiger partial charge in [0.05, 0.1) is 19.3 Å². The van der Waals surface area contributed by atoms with Crippen LogP contribution in [0.1, 0.15) is 22.7 Å². The maximum absolute atomic E-state index is 12.5. The summed E-state index contributed by atoms with van der Waals surface area (Å²) in [7, 11) is 0. The summed E-state index contributed by atoms with van der Waals surface area (Å²) in [5.41, 5.74) is 3.76. The highest BCUT2D eigenvalue weighted by Gasteiger charge is 2.26. The van der Waals surface area contributed by atoms with Crippen LogP contribution in [0.3, 0.4) is 0 Å². The molecular formula is C23H27N3O5. The van der Waals surface area contributed by atoms with Gasteiger partial charge in [0.1, 0.15) is 0 Å². The molecule has 164 valence electrons. The van der Waals surface area contributed by atoms with Crippen LogP contribution in [0.2, 0.25) is 0 Å². The van der Waals surface area contributed by atoms with Gasteiger partial charge >= 0.3 is 11.8 Å². The molecule has 2 amide bonds. The smallest absolute Gasteiger partial charge is 0.313 e. The minimum absolute atomic E-state index is 0.114. The van der Waals surface area contributed by atoms with Gasteiger partial charge in [0.25, 0.3) is 0 Å². The minimum Gasteiger partial charge on any atom is -0.454 e. The van der Waals surface area contributed by atoms with Gasteiger partial charge in [0.15, 0.2) is 11.5 Å². The van der Waals surface area contributed by atoms with Crippen molar-refractivity contribution in [2.45, 2.75) is 19.9 Å². The van der Waals surface area contributed by atoms with E-state index in [1.54, 1.807) is 6.07 Å². The van der Waals surface area contributed by atoms with E-state index < -0.39 is 11.8 Å². The highest BCUT2D eigenvalue weighted by atomic mass is 16.7. The predicted molar refractivity (Wildman–Crippen MR) is 115 cm³/mol. The molecule has 0 aromatic heterocycles. The van der Waals surface area contributed by atoms with Crippen LogP contribution in [0.4, 0.5) is 5.69 Å². The van der Waals surface area contributed by atoms with E-state index in [2.05, 4.69) is 15.5 Å². The molecule has 2 N–H and O–H groups in total. The first-order chi connectivity index (χ1) is 15.0. The lowest BCUT2D eigenvalue weighted by molar-refractivity contribution is -0.136. The molecule has 0 aliphatic carbocycles. The molecule has 0 bridgehead atoms. The van der Waals surface area contributed by atoms with Gasteiger partial charge in [-0.05, 0) is 54.8 Å². The highest BCUT2D eigenvalue weighted by molar-refractivity contribution is 6.39. The first-order valence-corrected chi connectivity index (χ1v) is 10.4. The summed E-state index contributed by atoms with van der Waals surface area (Å²) in [6, 6.07) is 11.2. The van der Waals surface area contributed by atoms with E-state index in [0.717, 1.165) is 29.8 Å². The molecule has 2 aromatic rings. The van der Waals surface area contributed by atoms with Gasteiger partial charge in [0, 0.05) is 25.3 Å². The summed E-state index contributed by atoms with van der Waals surface area (Å²) < 4.78 is 16.4. The van der Waals surface area contributed by atoms with Crippen LogP contribution in [-0.2, 0) is 14.3 Å². The van der Waals surface area contributed by atoms with Crippen LogP contribution in [0.15, 0.2) is 36.4 Å². The van der Waals surface area contributed by atoms with E-state index in [1.807, 2.05) is 44.2 Å². The maximum atomic E-state index is 12.5. The third-order valence-electron chi connectivity index (χ3n) is 5.69. The fourth-order valence-electron chi connectivity index (χ4n) is 3.74. The van der Waals surface area contributed by atoms with Crippen LogP contribution in [0.25, 0.3) is 0 Å². The van der Waals surface area contributed by atoms with Crippen molar-refractivity contribution < 1.29 is 23.8 Å². The number of carbonyl (C=O) groups excluding carboxylic acids is 2. The zero-order valence-electron chi connectivity index (χ0n) is 17.8. The number of rotatable bonds is 5. The van der Waals surface area contributed by atoms with Crippen molar-refractivity contribution in [2.24, 2.45) is 0 Å². The van der Waals surface area contributed by atoms with Crippen molar-refractivity contribution in [1.82, 2.24) is 10.2 Å². The normalized spacial score (nSPS) is 16.6. The van der Waals surface area contributed by atoms with Gasteiger partial charge in [-0.15, -0.1) is 0 Å². The molecule has 1 atom stereocenters. The van der Waals surface area contributed by atoms with E-state index in [1.165, 1.54) is 0 Å². The Morgan fingerprint density at radius 1 is 0.968 bits per heavy atom. The number of nitrogens with one attached hydrogen (secondary N) is 2. The molecule has 0 saturated carbocycles. The zero-order chi connectivity index (χ0) is 21.8. The molecule has 1 saturated heterocycles. The Morgan fingerprint density at radius 3 is 2.52 bits per heavy atom. The highest BCUT2D eigenvalue weighted by Crippen LogP contribution is 2.35. The summed E-state index contributed by atoms with van der Waals surface area (Å²) in [6.45, 7) is 7.19. The van der Waals surface area contributed by atoms with Gasteiger partial charge in [0.2, 0.25) is 6.79 Å². The Balaban J connectivity index is 1.43. The lowest BCUT2D eigenvalue weighted by atomic mass is 10.0. The standard InChI is InChI=1S/C23H27N3O5/c1-15-3-5-18(11-16(15)2)25-23(28)22(27)24-13-19(26-7-9-29-10-8-26)17-4-6-20-21(12-17)31-14-30-20/h3-6,11-12,19H,7-10,13-14H2,1-2H3,(H,24,27)(H,25,28). The molecule has 2 aromatic carbocycles. The van der Waals surface area contributed by atoms with Crippen LogP contribution >= 0.6 is 0 Å². The second kappa shape index (κ2) is 9.36. The Morgan fingerprint density at radius 2 is 1.74 bits per heavy atom. The number of fused-ring (bicyclic) bond motifs is 1. The van der Waals surface area contributed by atoms with Crippen molar-refractivity contribution in [1.29, 1.82) is 0 Å². The van der Waals surface area contributed by atoms with E-state index in [-0.39, 0.29) is 12.8 Å². The molecule has 0 radical (unpaired) electrons. The van der Waals surface area contributed by atoms with Crippen LogP contribution < -0.4 is 20.1 Å². The third kappa shape index (κ3) is 4.98. The van der Waals surface area contributed by atoms with E-state index in [9.17, 15) is 9.59 Å². The molecule has 2 aliphatic heterocycles. The number of morpholine rings is 1. The van der Waals surface area contributed by atoms with Crippen molar-refractivity contribution >= 4 is 17.5 Å². The second-order valence-corrected chi connectivity index (χ2v) is 7.74. The van der Waals surface area contributed by atoms with Crippen molar-refractivity contribution in [3.05, 3.63) is 53.1 Å². The Kier molecular flexibility index (Phi) is 6.39. The minimum atomic E-state index is -0.685. The van der Waals surface area contributed by atoms with E-state index in [0.29, 0.717) is 36.9 Å². The largest absolute Gasteiger partial charge is 0.454 e. The molecule has 8 heteroatoms. The molecule has 2 heterocycles. The van der Waals surface area contributed by atoms with Gasteiger partial charge in [-0.2, -0.15) is 0 Å². The number of anilines is 1. The van der Waals surface area contributed by atoms with Gasteiger partial charge in [-0.3, -0.25) is 14.5 Å². The van der Waals surface area contributed by atoms with Crippen molar-refractivity contribution in [3.63, 3.8) is 0 Å². The Hall–Kier alpha value is -3.10. The second-order valence-electron chi connectivity index (χ2n) is 7.74. The Bertz CT molecular complexity index is 972. The van der Waals surface area contributed by atoms with Gasteiger partial charge < -0.3 is 24.8 Å². The molecule has 4 rings (SSSR count). The molecule has 1 unspecified atom stereocenters. The predicted octanol–water partition coefficient (Wildman–Crippen LogP) is 2.16. The fourth-order valence-corrected chi connectivity index (χ4v) is 3.74. The van der Waals surface area contributed by atoms with Crippen LogP contribution in [0, 0.1) is 13.8 Å². The van der Waals surface area contributed by atoms with Gasteiger partial charge in [-0.25, -0.2) is 0 Å². The Labute approximate surface area is 181 Å². The monoisotopic (exact) mass is 425 g/mol.